The van der Waals surface area contributed by atoms with Crippen LogP contribution in [0.5, 0.6) is 0 Å². The fraction of sp³-hybridized carbons (Fsp3) is 0.118. The zero-order valence-corrected chi connectivity index (χ0v) is 12.8. The number of aryl methyl sites for hydroxylation is 2. The molecule has 3 aromatic rings. The van der Waals surface area contributed by atoms with Crippen LogP contribution in [0.1, 0.15) is 20.8 Å². The Kier molecular flexibility index (Phi) is 3.39. The molecule has 21 heavy (non-hydrogen) atoms. The molecule has 106 valence electrons. The molecule has 1 aromatic heterocycles. The highest BCUT2D eigenvalue weighted by molar-refractivity contribution is 7.20. The lowest BCUT2D eigenvalue weighted by Gasteiger charge is -2.07. The summed E-state index contributed by atoms with van der Waals surface area (Å²) in [6, 6.07) is 13.6. The van der Waals surface area contributed by atoms with E-state index in [2.05, 4.69) is 11.4 Å². The number of benzene rings is 2. The van der Waals surface area contributed by atoms with Gasteiger partial charge in [-0.1, -0.05) is 17.7 Å². The third kappa shape index (κ3) is 2.76. The number of anilines is 2. The average molecular weight is 296 g/mol. The molecule has 0 aliphatic rings. The Balaban J connectivity index is 1.89. The molecule has 3 nitrogen and oxygen atoms in total. The maximum absolute atomic E-state index is 12.4. The maximum atomic E-state index is 12.4. The third-order valence-electron chi connectivity index (χ3n) is 3.39. The van der Waals surface area contributed by atoms with Gasteiger partial charge in [-0.05, 0) is 55.1 Å². The summed E-state index contributed by atoms with van der Waals surface area (Å²) in [6.07, 6.45) is 0. The van der Waals surface area contributed by atoms with E-state index in [1.54, 1.807) is 0 Å². The van der Waals surface area contributed by atoms with Crippen LogP contribution in [0.15, 0.2) is 42.5 Å². The number of thiophene rings is 1. The summed E-state index contributed by atoms with van der Waals surface area (Å²) < 4.78 is 1.06. The summed E-state index contributed by atoms with van der Waals surface area (Å²) in [4.78, 5) is 13.1. The van der Waals surface area contributed by atoms with E-state index >= 15 is 0 Å². The van der Waals surface area contributed by atoms with E-state index in [0.717, 1.165) is 21.3 Å². The number of nitrogens with two attached hydrogens (primary N) is 1. The number of carbonyl (C=O) groups excluding carboxylic acids is 1. The first-order chi connectivity index (χ1) is 10.0. The van der Waals surface area contributed by atoms with Gasteiger partial charge in [0.1, 0.15) is 0 Å². The molecule has 0 unspecified atom stereocenters. The average Bonchev–Trinajstić information content (AvgIpc) is 2.85. The fourth-order valence-corrected chi connectivity index (χ4v) is 3.25. The van der Waals surface area contributed by atoms with Crippen LogP contribution in [-0.2, 0) is 0 Å². The van der Waals surface area contributed by atoms with Gasteiger partial charge in [-0.15, -0.1) is 11.3 Å². The summed E-state index contributed by atoms with van der Waals surface area (Å²) in [6.45, 7) is 4.03. The Morgan fingerprint density at radius 2 is 1.90 bits per heavy atom. The van der Waals surface area contributed by atoms with Gasteiger partial charge in [0.15, 0.2) is 0 Å². The van der Waals surface area contributed by atoms with E-state index in [1.807, 2.05) is 50.2 Å². The highest BCUT2D eigenvalue weighted by Crippen LogP contribution is 2.28. The summed E-state index contributed by atoms with van der Waals surface area (Å²) >= 11 is 1.47. The van der Waals surface area contributed by atoms with Gasteiger partial charge < -0.3 is 11.1 Å². The molecule has 0 fully saturated rings. The van der Waals surface area contributed by atoms with Crippen molar-refractivity contribution >= 4 is 38.7 Å². The van der Waals surface area contributed by atoms with E-state index in [-0.39, 0.29) is 5.91 Å². The molecule has 0 spiro atoms. The van der Waals surface area contributed by atoms with E-state index in [1.165, 1.54) is 16.9 Å². The van der Waals surface area contributed by atoms with Crippen LogP contribution in [0.3, 0.4) is 0 Å². The summed E-state index contributed by atoms with van der Waals surface area (Å²) in [7, 11) is 0. The molecule has 1 heterocycles. The lowest BCUT2D eigenvalue weighted by molar-refractivity contribution is 0.103. The van der Waals surface area contributed by atoms with Crippen molar-refractivity contribution in [1.82, 2.24) is 0 Å². The molecule has 0 aliphatic heterocycles. The van der Waals surface area contributed by atoms with Crippen molar-refractivity contribution in [3.63, 3.8) is 0 Å². The lowest BCUT2D eigenvalue weighted by Crippen LogP contribution is -2.11. The Hall–Kier alpha value is -2.33. The minimum absolute atomic E-state index is 0.0817. The molecule has 4 heteroatoms. The number of fused-ring (bicyclic) bond motifs is 1. The summed E-state index contributed by atoms with van der Waals surface area (Å²) in [5.41, 5.74) is 9.58. The van der Waals surface area contributed by atoms with E-state index < -0.39 is 0 Å². The predicted molar refractivity (Wildman–Crippen MR) is 90.1 cm³/mol. The van der Waals surface area contributed by atoms with Crippen LogP contribution in [0.4, 0.5) is 11.4 Å². The molecule has 0 bridgehead atoms. The van der Waals surface area contributed by atoms with Crippen LogP contribution >= 0.6 is 11.3 Å². The van der Waals surface area contributed by atoms with Gasteiger partial charge in [0, 0.05) is 16.1 Å². The Labute approximate surface area is 127 Å². The minimum atomic E-state index is -0.0817. The number of carbonyl (C=O) groups is 1. The van der Waals surface area contributed by atoms with Crippen molar-refractivity contribution < 1.29 is 4.79 Å². The van der Waals surface area contributed by atoms with Crippen LogP contribution in [0, 0.1) is 13.8 Å². The molecule has 0 saturated heterocycles. The number of rotatable bonds is 2. The van der Waals surface area contributed by atoms with Crippen LogP contribution in [-0.4, -0.2) is 5.91 Å². The Bertz CT molecular complexity index is 836. The van der Waals surface area contributed by atoms with E-state index in [0.29, 0.717) is 10.6 Å². The molecule has 1 amide bonds. The van der Waals surface area contributed by atoms with Crippen molar-refractivity contribution in [2.75, 3.05) is 11.1 Å². The van der Waals surface area contributed by atoms with Crippen molar-refractivity contribution in [3.8, 4) is 0 Å². The van der Waals surface area contributed by atoms with Crippen LogP contribution < -0.4 is 11.1 Å². The number of amides is 1. The monoisotopic (exact) mass is 296 g/mol. The molecule has 0 atom stereocenters. The molecular formula is C17H16N2OS. The molecule has 0 aliphatic carbocycles. The highest BCUT2D eigenvalue weighted by Gasteiger charge is 2.11. The van der Waals surface area contributed by atoms with Crippen LogP contribution in [0.2, 0.25) is 0 Å². The quantitative estimate of drug-likeness (QED) is 0.691. The first-order valence-corrected chi connectivity index (χ1v) is 7.52. The molecule has 0 radical (unpaired) electrons. The van der Waals surface area contributed by atoms with Gasteiger partial charge in [0.05, 0.1) is 4.88 Å². The van der Waals surface area contributed by atoms with Gasteiger partial charge in [0.2, 0.25) is 0 Å². The van der Waals surface area contributed by atoms with Gasteiger partial charge >= 0.3 is 0 Å². The Morgan fingerprint density at radius 1 is 1.10 bits per heavy atom. The number of hydrogen-bond acceptors (Lipinski definition) is 3. The normalized spacial score (nSPS) is 10.8. The predicted octanol–water partition coefficient (Wildman–Crippen LogP) is 4.35. The maximum Gasteiger partial charge on any atom is 0.265 e. The third-order valence-corrected chi connectivity index (χ3v) is 4.51. The SMILES string of the molecule is Cc1ccc(NC(=O)c2cc3cc(N)ccc3s2)c(C)c1. The minimum Gasteiger partial charge on any atom is -0.399 e. The van der Waals surface area contributed by atoms with Crippen molar-refractivity contribution in [3.05, 3.63) is 58.5 Å². The fourth-order valence-electron chi connectivity index (χ4n) is 2.31. The first kappa shape index (κ1) is 13.6. The molecule has 3 N–H and O–H groups in total. The second-order valence-electron chi connectivity index (χ2n) is 5.18. The van der Waals surface area contributed by atoms with Crippen LogP contribution in [0.25, 0.3) is 10.1 Å². The van der Waals surface area contributed by atoms with E-state index in [9.17, 15) is 4.79 Å². The number of hydrogen-bond donors (Lipinski definition) is 2. The molecule has 0 saturated carbocycles. The van der Waals surface area contributed by atoms with Crippen molar-refractivity contribution in [2.45, 2.75) is 13.8 Å². The van der Waals surface area contributed by atoms with Crippen molar-refractivity contribution in [1.29, 1.82) is 0 Å². The van der Waals surface area contributed by atoms with Gasteiger partial charge in [-0.2, -0.15) is 0 Å². The second kappa shape index (κ2) is 5.22. The van der Waals surface area contributed by atoms with Crippen molar-refractivity contribution in [2.24, 2.45) is 0 Å². The second-order valence-corrected chi connectivity index (χ2v) is 6.26. The molecular weight excluding hydrogens is 280 g/mol. The Morgan fingerprint density at radius 3 is 2.67 bits per heavy atom. The zero-order chi connectivity index (χ0) is 15.0. The van der Waals surface area contributed by atoms with Gasteiger partial charge in [0.25, 0.3) is 5.91 Å². The molecule has 2 aromatic carbocycles. The van der Waals surface area contributed by atoms with Gasteiger partial charge in [-0.25, -0.2) is 0 Å². The lowest BCUT2D eigenvalue weighted by atomic mass is 10.1. The number of nitrogens with one attached hydrogen (secondary N) is 1. The van der Waals surface area contributed by atoms with E-state index in [4.69, 9.17) is 5.73 Å². The van der Waals surface area contributed by atoms with Gasteiger partial charge in [-0.3, -0.25) is 4.79 Å². The first-order valence-electron chi connectivity index (χ1n) is 6.70. The molecule has 3 rings (SSSR count). The summed E-state index contributed by atoms with van der Waals surface area (Å²) in [5, 5.41) is 3.97. The number of nitrogen functional groups attached to an aromatic ring is 1. The zero-order valence-electron chi connectivity index (χ0n) is 11.9. The summed E-state index contributed by atoms with van der Waals surface area (Å²) in [5.74, 6) is -0.0817. The highest BCUT2D eigenvalue weighted by atomic mass is 32.1. The smallest absolute Gasteiger partial charge is 0.265 e. The largest absolute Gasteiger partial charge is 0.399 e. The standard InChI is InChI=1S/C17H16N2OS/c1-10-3-5-14(11(2)7-10)19-17(20)16-9-12-8-13(18)4-6-15(12)21-16/h3-9H,18H2,1-2H3,(H,19,20). The topological polar surface area (TPSA) is 55.1 Å².